The molecule has 4 aromatic rings. The van der Waals surface area contributed by atoms with Crippen LogP contribution in [0.1, 0.15) is 40.4 Å². The van der Waals surface area contributed by atoms with Crippen LogP contribution in [-0.4, -0.2) is 61.3 Å². The summed E-state index contributed by atoms with van der Waals surface area (Å²) in [6, 6.07) is 11.7. The van der Waals surface area contributed by atoms with Crippen LogP contribution in [0.2, 0.25) is 5.02 Å². The molecule has 0 radical (unpaired) electrons. The molecule has 6 rings (SSSR count). The molecule has 2 N–H and O–H groups in total. The van der Waals surface area contributed by atoms with E-state index in [1.54, 1.807) is 24.3 Å². The SMILES string of the molecule is O=C(O)c1cc2c(nc(CN3CC=C(c4cccc(OCc5ccc(Cl)cc5F)n4)CC3)n2C[C@@H]2CCO2)[nH]1. The standard InChI is InChI=1S/C28H27ClFN5O4/c29-19-5-4-18(21(30)12-19)16-39-26-3-1-2-22(31-26)17-6-9-34(10-7-17)15-25-33-27-24(13-23(32-27)28(36)37)35(25)14-20-8-11-38-20/h1-6,12-13,20,32H,7-11,14-16H2,(H,36,37)/t20-/m0/s1. The van der Waals surface area contributed by atoms with Crippen molar-refractivity contribution in [2.45, 2.75) is 38.6 Å². The monoisotopic (exact) mass is 551 g/mol. The third-order valence-electron chi connectivity index (χ3n) is 7.13. The first-order valence-corrected chi connectivity index (χ1v) is 13.2. The molecule has 202 valence electrons. The highest BCUT2D eigenvalue weighted by Gasteiger charge is 2.25. The maximum atomic E-state index is 14.1. The molecule has 1 fully saturated rings. The Kier molecular flexibility index (Phi) is 7.07. The zero-order valence-electron chi connectivity index (χ0n) is 21.1. The molecule has 9 nitrogen and oxygen atoms in total. The number of nitrogens with zero attached hydrogens (tertiary/aromatic N) is 4. The maximum Gasteiger partial charge on any atom is 0.352 e. The van der Waals surface area contributed by atoms with Crippen LogP contribution in [0, 0.1) is 5.82 Å². The van der Waals surface area contributed by atoms with E-state index in [1.807, 2.05) is 12.1 Å². The van der Waals surface area contributed by atoms with Crippen molar-refractivity contribution in [3.63, 3.8) is 0 Å². The topological polar surface area (TPSA) is 106 Å². The van der Waals surface area contributed by atoms with Crippen molar-refractivity contribution < 1.29 is 23.8 Å². The van der Waals surface area contributed by atoms with Crippen molar-refractivity contribution in [3.05, 3.63) is 82.2 Å². The van der Waals surface area contributed by atoms with Crippen LogP contribution in [0.5, 0.6) is 5.88 Å². The summed E-state index contributed by atoms with van der Waals surface area (Å²) in [5.41, 5.74) is 3.86. The van der Waals surface area contributed by atoms with E-state index in [9.17, 15) is 14.3 Å². The molecule has 2 aliphatic rings. The lowest BCUT2D eigenvalue weighted by atomic mass is 10.0. The first kappa shape index (κ1) is 25.5. The van der Waals surface area contributed by atoms with Crippen LogP contribution >= 0.6 is 11.6 Å². The number of carbonyl (C=O) groups is 1. The number of imidazole rings is 1. The van der Waals surface area contributed by atoms with E-state index < -0.39 is 11.8 Å². The van der Waals surface area contributed by atoms with E-state index in [2.05, 4.69) is 25.5 Å². The van der Waals surface area contributed by atoms with Gasteiger partial charge < -0.3 is 24.1 Å². The fourth-order valence-electron chi connectivity index (χ4n) is 4.88. The van der Waals surface area contributed by atoms with Crippen LogP contribution in [0.15, 0.2) is 48.5 Å². The number of aromatic nitrogens is 4. The number of carboxylic acid groups (broad SMARTS) is 1. The Morgan fingerprint density at radius 3 is 2.85 bits per heavy atom. The molecule has 2 aliphatic heterocycles. The second kappa shape index (κ2) is 10.8. The van der Waals surface area contributed by atoms with Gasteiger partial charge in [0.1, 0.15) is 23.9 Å². The first-order valence-electron chi connectivity index (χ1n) is 12.8. The van der Waals surface area contributed by atoms with Gasteiger partial charge in [0.2, 0.25) is 5.88 Å². The summed E-state index contributed by atoms with van der Waals surface area (Å²) in [4.78, 5) is 26.0. The molecule has 0 amide bonds. The van der Waals surface area contributed by atoms with Gasteiger partial charge >= 0.3 is 5.97 Å². The number of rotatable bonds is 9. The average molecular weight is 552 g/mol. The van der Waals surface area contributed by atoms with Crippen molar-refractivity contribution in [1.29, 1.82) is 0 Å². The molecule has 5 heterocycles. The highest BCUT2D eigenvalue weighted by molar-refractivity contribution is 6.30. The Balaban J connectivity index is 1.13. The van der Waals surface area contributed by atoms with E-state index in [-0.39, 0.29) is 18.4 Å². The fraction of sp³-hybridized carbons (Fsp3) is 0.321. The summed E-state index contributed by atoms with van der Waals surface area (Å²) in [6.45, 7) is 3.63. The maximum absolute atomic E-state index is 14.1. The van der Waals surface area contributed by atoms with Gasteiger partial charge in [0.15, 0.2) is 5.65 Å². The van der Waals surface area contributed by atoms with Crippen LogP contribution in [0.25, 0.3) is 16.7 Å². The number of aromatic carboxylic acids is 1. The molecule has 3 aromatic heterocycles. The van der Waals surface area contributed by atoms with Gasteiger partial charge in [-0.15, -0.1) is 0 Å². The second-order valence-corrected chi connectivity index (χ2v) is 10.2. The lowest BCUT2D eigenvalue weighted by Gasteiger charge is -2.29. The van der Waals surface area contributed by atoms with Gasteiger partial charge in [0, 0.05) is 36.3 Å². The van der Waals surface area contributed by atoms with Crippen molar-refractivity contribution in [3.8, 4) is 5.88 Å². The third-order valence-corrected chi connectivity index (χ3v) is 7.37. The van der Waals surface area contributed by atoms with Crippen LogP contribution < -0.4 is 4.74 Å². The number of nitrogens with one attached hydrogen (secondary N) is 1. The minimum absolute atomic E-state index is 0.0623. The Bertz CT molecular complexity index is 1560. The number of hydrogen-bond donors (Lipinski definition) is 2. The highest BCUT2D eigenvalue weighted by atomic mass is 35.5. The zero-order valence-corrected chi connectivity index (χ0v) is 21.8. The van der Waals surface area contributed by atoms with E-state index in [0.29, 0.717) is 35.2 Å². The lowest BCUT2D eigenvalue weighted by molar-refractivity contribution is -0.0591. The van der Waals surface area contributed by atoms with Crippen molar-refractivity contribution in [2.24, 2.45) is 0 Å². The fourth-order valence-corrected chi connectivity index (χ4v) is 5.03. The van der Waals surface area contributed by atoms with E-state index in [1.165, 1.54) is 6.07 Å². The molecule has 1 atom stereocenters. The Morgan fingerprint density at radius 2 is 2.13 bits per heavy atom. The van der Waals surface area contributed by atoms with Gasteiger partial charge in [-0.1, -0.05) is 29.8 Å². The van der Waals surface area contributed by atoms with Crippen LogP contribution in [0.3, 0.4) is 0 Å². The number of H-pyrrole nitrogens is 1. The molecule has 0 unspecified atom stereocenters. The zero-order chi connectivity index (χ0) is 26.9. The smallest absolute Gasteiger partial charge is 0.352 e. The normalized spacial score (nSPS) is 17.7. The number of carboxylic acids is 1. The molecule has 11 heteroatoms. The average Bonchev–Trinajstić information content (AvgIpc) is 3.45. The molecule has 0 spiro atoms. The molecule has 39 heavy (non-hydrogen) atoms. The van der Waals surface area contributed by atoms with E-state index in [0.717, 1.165) is 55.1 Å². The van der Waals surface area contributed by atoms with Crippen molar-refractivity contribution in [1.82, 2.24) is 24.4 Å². The first-order chi connectivity index (χ1) is 18.9. The minimum Gasteiger partial charge on any atom is -0.477 e. The highest BCUT2D eigenvalue weighted by Crippen LogP contribution is 2.26. The predicted molar refractivity (Wildman–Crippen MR) is 143 cm³/mol. The Hall–Kier alpha value is -3.73. The number of pyridine rings is 1. The summed E-state index contributed by atoms with van der Waals surface area (Å²) in [5, 5.41) is 9.71. The number of fused-ring (bicyclic) bond motifs is 1. The molecule has 1 aromatic carbocycles. The second-order valence-electron chi connectivity index (χ2n) is 9.74. The Morgan fingerprint density at radius 1 is 1.26 bits per heavy atom. The molecule has 0 saturated carbocycles. The summed E-state index contributed by atoms with van der Waals surface area (Å²) >= 11 is 5.83. The van der Waals surface area contributed by atoms with Gasteiger partial charge in [0.25, 0.3) is 0 Å². The largest absolute Gasteiger partial charge is 0.477 e. The number of benzene rings is 1. The van der Waals surface area contributed by atoms with Gasteiger partial charge in [-0.3, -0.25) is 4.90 Å². The minimum atomic E-state index is -1.00. The third kappa shape index (κ3) is 5.54. The molecule has 0 aliphatic carbocycles. The van der Waals surface area contributed by atoms with Gasteiger partial charge in [-0.2, -0.15) is 0 Å². The molecular formula is C28H27ClFN5O4. The molecular weight excluding hydrogens is 525 g/mol. The summed E-state index contributed by atoms with van der Waals surface area (Å²) in [7, 11) is 0. The van der Waals surface area contributed by atoms with E-state index in [4.69, 9.17) is 26.1 Å². The van der Waals surface area contributed by atoms with Gasteiger partial charge in [0.05, 0.1) is 30.4 Å². The number of halogens is 2. The summed E-state index contributed by atoms with van der Waals surface area (Å²) in [5.74, 6) is -0.103. The van der Waals surface area contributed by atoms with Crippen molar-refractivity contribution >= 4 is 34.3 Å². The van der Waals surface area contributed by atoms with Crippen molar-refractivity contribution in [2.75, 3.05) is 19.7 Å². The van der Waals surface area contributed by atoms with Gasteiger partial charge in [-0.05, 0) is 42.7 Å². The lowest BCUT2D eigenvalue weighted by Crippen LogP contribution is -2.33. The number of aromatic amines is 1. The predicted octanol–water partition coefficient (Wildman–Crippen LogP) is 4.91. The Labute approximate surface area is 228 Å². The summed E-state index contributed by atoms with van der Waals surface area (Å²) < 4.78 is 27.5. The number of hydrogen-bond acceptors (Lipinski definition) is 6. The van der Waals surface area contributed by atoms with E-state index >= 15 is 0 Å². The molecule has 1 saturated heterocycles. The van der Waals surface area contributed by atoms with Gasteiger partial charge in [-0.25, -0.2) is 19.2 Å². The van der Waals surface area contributed by atoms with Crippen LogP contribution in [-0.2, 0) is 24.4 Å². The number of ether oxygens (including phenoxy) is 2. The molecule has 0 bridgehead atoms. The van der Waals surface area contributed by atoms with Crippen LogP contribution in [0.4, 0.5) is 4.39 Å². The summed E-state index contributed by atoms with van der Waals surface area (Å²) in [6.07, 6.45) is 4.06. The quantitative estimate of drug-likeness (QED) is 0.304.